The van der Waals surface area contributed by atoms with Gasteiger partial charge < -0.3 is 23.3 Å². The van der Waals surface area contributed by atoms with Crippen molar-refractivity contribution in [1.29, 1.82) is 0 Å². The third kappa shape index (κ3) is 7.38. The first kappa shape index (κ1) is 32.8. The second kappa shape index (κ2) is 15.0. The summed E-state index contributed by atoms with van der Waals surface area (Å²) in [5, 5.41) is 0. The molecule has 0 radical (unpaired) electrons. The zero-order valence-electron chi connectivity index (χ0n) is 23.5. The van der Waals surface area contributed by atoms with E-state index in [1.54, 1.807) is 36.4 Å². The summed E-state index contributed by atoms with van der Waals surface area (Å²) in [5.41, 5.74) is -3.75. The molecule has 0 aliphatic carbocycles. The molecule has 2 atom stereocenters. The first-order valence-corrected chi connectivity index (χ1v) is 15.5. The Hall–Kier alpha value is -3.70. The molecule has 226 valence electrons. The Morgan fingerprint density at radius 2 is 1.00 bits per heavy atom. The molecule has 0 spiro atoms. The van der Waals surface area contributed by atoms with Crippen molar-refractivity contribution in [3.63, 3.8) is 0 Å². The largest absolute Gasteiger partial charge is 0.496 e. The third-order valence-electron chi connectivity index (χ3n) is 5.25. The van der Waals surface area contributed by atoms with Gasteiger partial charge in [0.25, 0.3) is 11.0 Å². The molecule has 0 saturated heterocycles. The van der Waals surface area contributed by atoms with Gasteiger partial charge in [0.15, 0.2) is 0 Å². The fraction of sp³-hybridized carbons (Fsp3) is 0.259. The van der Waals surface area contributed by atoms with Crippen molar-refractivity contribution in [2.24, 2.45) is 0 Å². The molecule has 3 aromatic carbocycles. The summed E-state index contributed by atoms with van der Waals surface area (Å²) in [5.74, 6) is -1.00. The van der Waals surface area contributed by atoms with Crippen LogP contribution in [-0.2, 0) is 28.3 Å². The van der Waals surface area contributed by atoms with E-state index in [1.165, 1.54) is 52.3 Å². The molecule has 0 heterocycles. The van der Waals surface area contributed by atoms with E-state index in [2.05, 4.69) is 0 Å². The summed E-state index contributed by atoms with van der Waals surface area (Å²) >= 11 is 0. The molecule has 0 aliphatic heterocycles. The zero-order chi connectivity index (χ0) is 30.8. The minimum atomic E-state index is -4.87. The molecule has 0 aliphatic rings. The Kier molecular flexibility index (Phi) is 11.7. The van der Waals surface area contributed by atoms with E-state index in [0.29, 0.717) is 0 Å². The van der Waals surface area contributed by atoms with E-state index in [1.807, 2.05) is 0 Å². The second-order valence-corrected chi connectivity index (χ2v) is 11.4. The Morgan fingerprint density at radius 1 is 0.619 bits per heavy atom. The van der Waals surface area contributed by atoms with E-state index in [4.69, 9.17) is 42.4 Å². The van der Waals surface area contributed by atoms with Gasteiger partial charge in [-0.25, -0.2) is 18.9 Å². The lowest BCUT2D eigenvalue weighted by atomic mass is 10.1. The van der Waals surface area contributed by atoms with Gasteiger partial charge in [-0.3, -0.25) is 9.59 Å². The number of hydrogen-bond acceptors (Lipinski definition) is 13. The number of rotatable bonds is 17. The first-order chi connectivity index (χ1) is 20.2. The SMILES string of the molecule is CCOOP(=O)(Oc1ccccc1)C(=O)c1c(OC)cc(OC)c(C(=O)P(=O)(OOCC)Oc2ccccc2)c1OC. The van der Waals surface area contributed by atoms with Crippen molar-refractivity contribution in [1.82, 2.24) is 0 Å². The van der Waals surface area contributed by atoms with E-state index in [-0.39, 0.29) is 36.2 Å². The fourth-order valence-corrected chi connectivity index (χ4v) is 6.10. The number of methoxy groups -OCH3 is 3. The van der Waals surface area contributed by atoms with Crippen molar-refractivity contribution >= 4 is 26.2 Å². The predicted molar refractivity (Wildman–Crippen MR) is 150 cm³/mol. The minimum absolute atomic E-state index is 0.0162. The molecular weight excluding hydrogens is 594 g/mol. The lowest BCUT2D eigenvalue weighted by Gasteiger charge is -2.23. The molecule has 3 aromatic rings. The lowest BCUT2D eigenvalue weighted by Crippen LogP contribution is -2.17. The maximum absolute atomic E-state index is 14.0. The summed E-state index contributed by atoms with van der Waals surface area (Å²) in [6.45, 7) is 2.88. The number of benzene rings is 3. The van der Waals surface area contributed by atoms with Crippen LogP contribution < -0.4 is 23.3 Å². The van der Waals surface area contributed by atoms with Gasteiger partial charge in [0.05, 0.1) is 34.5 Å². The van der Waals surface area contributed by atoms with Crippen LogP contribution in [0.2, 0.25) is 0 Å². The van der Waals surface area contributed by atoms with Crippen LogP contribution >= 0.6 is 15.2 Å². The third-order valence-corrected chi connectivity index (χ3v) is 8.20. The van der Waals surface area contributed by atoms with Crippen LogP contribution in [-0.4, -0.2) is 45.6 Å². The Morgan fingerprint density at radius 3 is 1.31 bits per heavy atom. The number of carbonyl (C=O) groups is 2. The van der Waals surface area contributed by atoms with Crippen molar-refractivity contribution in [2.75, 3.05) is 34.5 Å². The maximum Gasteiger partial charge on any atom is 0.478 e. The number of ether oxygens (including phenoxy) is 3. The average molecular weight is 624 g/mol. The smallest absolute Gasteiger partial charge is 0.478 e. The Bertz CT molecular complexity index is 1360. The molecule has 2 unspecified atom stereocenters. The highest BCUT2D eigenvalue weighted by Crippen LogP contribution is 2.58. The average Bonchev–Trinajstić information content (AvgIpc) is 3.01. The highest BCUT2D eigenvalue weighted by atomic mass is 31.2. The predicted octanol–water partition coefficient (Wildman–Crippen LogP) is 6.47. The molecule has 15 heteroatoms. The molecule has 3 rings (SSSR count). The van der Waals surface area contributed by atoms with E-state index >= 15 is 0 Å². The zero-order valence-corrected chi connectivity index (χ0v) is 25.3. The normalized spacial score (nSPS) is 13.7. The number of hydrogen-bond donors (Lipinski definition) is 0. The highest BCUT2D eigenvalue weighted by Gasteiger charge is 2.48. The molecule has 42 heavy (non-hydrogen) atoms. The fourth-order valence-electron chi connectivity index (χ4n) is 3.48. The summed E-state index contributed by atoms with van der Waals surface area (Å²) in [4.78, 5) is 37.7. The van der Waals surface area contributed by atoms with Gasteiger partial charge in [-0.15, -0.1) is 9.35 Å². The van der Waals surface area contributed by atoms with E-state index in [0.717, 1.165) is 13.2 Å². The summed E-state index contributed by atoms with van der Waals surface area (Å²) in [6, 6.07) is 16.6. The van der Waals surface area contributed by atoms with Gasteiger partial charge in [-0.05, 0) is 38.1 Å². The molecule has 0 saturated carbocycles. The van der Waals surface area contributed by atoms with Crippen LogP contribution in [0.1, 0.15) is 34.6 Å². The van der Waals surface area contributed by atoms with Crippen LogP contribution in [0.15, 0.2) is 66.7 Å². The number of carbonyl (C=O) groups excluding carboxylic acids is 2. The monoisotopic (exact) mass is 624 g/mol. The van der Waals surface area contributed by atoms with Crippen molar-refractivity contribution in [3.8, 4) is 28.7 Å². The van der Waals surface area contributed by atoms with E-state index in [9.17, 15) is 18.7 Å². The van der Waals surface area contributed by atoms with Crippen LogP contribution in [0.4, 0.5) is 0 Å². The summed E-state index contributed by atoms with van der Waals surface area (Å²) in [6.07, 6.45) is 0. The molecule has 0 aromatic heterocycles. The molecule has 0 fully saturated rings. The van der Waals surface area contributed by atoms with Gasteiger partial charge in [0.1, 0.15) is 39.9 Å². The quantitative estimate of drug-likeness (QED) is 0.0917. The summed E-state index contributed by atoms with van der Waals surface area (Å²) in [7, 11) is -6.20. The van der Waals surface area contributed by atoms with Crippen molar-refractivity contribution in [2.45, 2.75) is 13.8 Å². The van der Waals surface area contributed by atoms with Crippen LogP contribution in [0.5, 0.6) is 28.7 Å². The second-order valence-electron chi connectivity index (χ2n) is 7.94. The van der Waals surface area contributed by atoms with Gasteiger partial charge >= 0.3 is 15.2 Å². The van der Waals surface area contributed by atoms with Gasteiger partial charge in [0.2, 0.25) is 0 Å². The molecule has 0 amide bonds. The maximum atomic E-state index is 14.0. The molecule has 0 N–H and O–H groups in total. The molecule has 13 nitrogen and oxygen atoms in total. The van der Waals surface area contributed by atoms with Gasteiger partial charge in [-0.2, -0.15) is 0 Å². The minimum Gasteiger partial charge on any atom is -0.496 e. The van der Waals surface area contributed by atoms with Gasteiger partial charge in [0, 0.05) is 6.07 Å². The standard InChI is InChI=1S/C27H30O13P2/c1-6-35-39-41(30,37-19-14-10-8-11-15-19)26(28)23-21(32-3)18-22(33-4)24(25(23)34-5)27(29)42(31,40-36-7-2)38-20-16-12-9-13-17-20/h8-18H,6-7H2,1-5H3. The van der Waals surface area contributed by atoms with Crippen molar-refractivity contribution in [3.05, 3.63) is 77.9 Å². The first-order valence-electron chi connectivity index (χ1n) is 12.4. The lowest BCUT2D eigenvalue weighted by molar-refractivity contribution is -0.205. The molecular formula is C27H30O13P2. The van der Waals surface area contributed by atoms with Gasteiger partial charge in [-0.1, -0.05) is 36.4 Å². The van der Waals surface area contributed by atoms with Crippen molar-refractivity contribution < 1.29 is 61.1 Å². The van der Waals surface area contributed by atoms with Crippen LogP contribution in [0.25, 0.3) is 0 Å². The van der Waals surface area contributed by atoms with Crippen LogP contribution in [0.3, 0.4) is 0 Å². The van der Waals surface area contributed by atoms with Crippen LogP contribution in [0, 0.1) is 0 Å². The topological polar surface area (TPSA) is 151 Å². The number of para-hydroxylation sites is 2. The molecule has 0 bridgehead atoms. The summed E-state index contributed by atoms with van der Waals surface area (Å²) < 4.78 is 65.0. The highest BCUT2D eigenvalue weighted by molar-refractivity contribution is 7.73. The Balaban J connectivity index is 2.25. The van der Waals surface area contributed by atoms with E-state index < -0.39 is 43.1 Å². The Labute approximate surface area is 242 Å².